The van der Waals surface area contributed by atoms with Crippen LogP contribution in [0, 0.1) is 0 Å². The van der Waals surface area contributed by atoms with Gasteiger partial charge < -0.3 is 14.7 Å². The number of carbonyl (C=O) groups is 1. The fraction of sp³-hybridized carbons (Fsp3) is 0.105. The molecule has 0 unspecified atom stereocenters. The van der Waals surface area contributed by atoms with Crippen LogP contribution in [0.15, 0.2) is 60.8 Å². The maximum Gasteiger partial charge on any atom is 0.337 e. The number of para-hydroxylation sites is 1. The lowest BCUT2D eigenvalue weighted by Crippen LogP contribution is -2.25. The first-order valence-electron chi connectivity index (χ1n) is 8.01. The van der Waals surface area contributed by atoms with E-state index in [1.807, 2.05) is 30.3 Å². The highest BCUT2D eigenvalue weighted by Crippen LogP contribution is 2.28. The fourth-order valence-corrected chi connectivity index (χ4v) is 2.81. The van der Waals surface area contributed by atoms with Gasteiger partial charge >= 0.3 is 5.97 Å². The molecule has 1 N–H and O–H groups in total. The number of carboxylic acid groups (broad SMARTS) is 1. The largest absolute Gasteiger partial charge is 0.492 e. The van der Waals surface area contributed by atoms with Crippen molar-refractivity contribution in [2.45, 2.75) is 0 Å². The molecule has 0 aliphatic heterocycles. The fourth-order valence-electron chi connectivity index (χ4n) is 2.47. The lowest BCUT2D eigenvalue weighted by atomic mass is 10.2. The van der Waals surface area contributed by atoms with Gasteiger partial charge in [0.15, 0.2) is 0 Å². The summed E-state index contributed by atoms with van der Waals surface area (Å²) < 4.78 is 5.75. The van der Waals surface area contributed by atoms with Gasteiger partial charge in [-0.15, -0.1) is 0 Å². The minimum Gasteiger partial charge on any atom is -0.492 e. The van der Waals surface area contributed by atoms with Crippen LogP contribution in [0.1, 0.15) is 10.4 Å². The molecule has 1 aromatic heterocycles. The summed E-state index contributed by atoms with van der Waals surface area (Å²) in [5, 5.41) is 9.59. The van der Waals surface area contributed by atoms with E-state index in [1.54, 1.807) is 17.0 Å². The summed E-state index contributed by atoms with van der Waals surface area (Å²) in [5.41, 5.74) is 0.603. The Balaban J connectivity index is 1.88. The van der Waals surface area contributed by atoms with Crippen molar-refractivity contribution in [1.82, 2.24) is 9.97 Å². The first kappa shape index (κ1) is 18.9. The van der Waals surface area contributed by atoms with E-state index in [0.717, 1.165) is 5.75 Å². The molecule has 2 aromatic carbocycles. The molecule has 0 amide bonds. The monoisotopic (exact) mass is 403 g/mol. The number of carboxylic acids is 1. The second kappa shape index (κ2) is 8.70. The van der Waals surface area contributed by atoms with Crippen LogP contribution in [0.25, 0.3) is 0 Å². The molecule has 138 valence electrons. The zero-order valence-corrected chi connectivity index (χ0v) is 15.6. The number of ether oxygens (including phenoxy) is 1. The van der Waals surface area contributed by atoms with E-state index in [-0.39, 0.29) is 15.9 Å². The third kappa shape index (κ3) is 4.87. The van der Waals surface area contributed by atoms with Gasteiger partial charge in [-0.05, 0) is 48.0 Å². The van der Waals surface area contributed by atoms with E-state index in [4.69, 9.17) is 27.9 Å². The smallest absolute Gasteiger partial charge is 0.337 e. The van der Waals surface area contributed by atoms with E-state index in [1.165, 1.54) is 18.3 Å². The van der Waals surface area contributed by atoms with E-state index in [0.29, 0.717) is 24.7 Å². The Morgan fingerprint density at radius 1 is 1.11 bits per heavy atom. The van der Waals surface area contributed by atoms with Gasteiger partial charge in [-0.3, -0.25) is 0 Å². The molecule has 0 bridgehead atoms. The number of hydrogen-bond acceptors (Lipinski definition) is 5. The van der Waals surface area contributed by atoms with Gasteiger partial charge in [0.05, 0.1) is 17.1 Å². The van der Waals surface area contributed by atoms with Gasteiger partial charge in [-0.1, -0.05) is 29.8 Å². The summed E-state index contributed by atoms with van der Waals surface area (Å²) in [7, 11) is 0. The van der Waals surface area contributed by atoms with Crippen LogP contribution in [0.3, 0.4) is 0 Å². The van der Waals surface area contributed by atoms with Crippen LogP contribution >= 0.6 is 23.2 Å². The highest BCUT2D eigenvalue weighted by Gasteiger charge is 2.16. The minimum atomic E-state index is -1.11. The van der Waals surface area contributed by atoms with Crippen molar-refractivity contribution in [3.8, 4) is 5.75 Å². The number of hydrogen-bond donors (Lipinski definition) is 1. The van der Waals surface area contributed by atoms with Crippen molar-refractivity contribution in [2.75, 3.05) is 18.1 Å². The zero-order valence-electron chi connectivity index (χ0n) is 14.0. The maximum atomic E-state index is 11.4. The maximum absolute atomic E-state index is 11.4. The Morgan fingerprint density at radius 2 is 1.89 bits per heavy atom. The number of aromatic nitrogens is 2. The SMILES string of the molecule is O=C(O)c1cc(N(CCOc2ccccc2)c2ccnc(Cl)n2)ccc1Cl. The normalized spacial score (nSPS) is 10.4. The van der Waals surface area contributed by atoms with Gasteiger partial charge in [0.1, 0.15) is 18.2 Å². The Hall–Kier alpha value is -2.83. The van der Waals surface area contributed by atoms with Gasteiger partial charge in [-0.25, -0.2) is 14.8 Å². The summed E-state index contributed by atoms with van der Waals surface area (Å²) in [5.74, 6) is 0.147. The molecule has 27 heavy (non-hydrogen) atoms. The van der Waals surface area contributed by atoms with Crippen molar-refractivity contribution >= 4 is 40.7 Å². The third-order valence-corrected chi connectivity index (χ3v) is 4.22. The molecule has 8 heteroatoms. The van der Waals surface area contributed by atoms with E-state index >= 15 is 0 Å². The molecular formula is C19H15Cl2N3O3. The highest BCUT2D eigenvalue weighted by atomic mass is 35.5. The summed E-state index contributed by atoms with van der Waals surface area (Å²) in [6, 6.07) is 15.8. The number of halogens is 2. The van der Waals surface area contributed by atoms with Crippen molar-refractivity contribution in [3.05, 3.63) is 76.7 Å². The molecule has 0 aliphatic carbocycles. The van der Waals surface area contributed by atoms with Crippen LogP contribution in [-0.4, -0.2) is 34.2 Å². The first-order chi connectivity index (χ1) is 13.0. The molecule has 3 aromatic rings. The molecule has 0 spiro atoms. The van der Waals surface area contributed by atoms with Crippen molar-refractivity contribution in [1.29, 1.82) is 0 Å². The van der Waals surface area contributed by atoms with Crippen LogP contribution < -0.4 is 9.64 Å². The lowest BCUT2D eigenvalue weighted by Gasteiger charge is -2.24. The Morgan fingerprint density at radius 3 is 2.59 bits per heavy atom. The summed E-state index contributed by atoms with van der Waals surface area (Å²) >= 11 is 11.9. The Kier molecular flexibility index (Phi) is 6.11. The Bertz CT molecular complexity index is 938. The molecule has 3 rings (SSSR count). The van der Waals surface area contributed by atoms with Gasteiger partial charge in [0, 0.05) is 11.9 Å². The molecule has 0 saturated carbocycles. The number of aromatic carboxylic acids is 1. The topological polar surface area (TPSA) is 75.5 Å². The lowest BCUT2D eigenvalue weighted by molar-refractivity contribution is 0.0697. The molecule has 0 radical (unpaired) electrons. The molecule has 0 atom stereocenters. The van der Waals surface area contributed by atoms with E-state index in [2.05, 4.69) is 9.97 Å². The average Bonchev–Trinajstić information content (AvgIpc) is 2.66. The van der Waals surface area contributed by atoms with E-state index < -0.39 is 5.97 Å². The van der Waals surface area contributed by atoms with Gasteiger partial charge in [0.2, 0.25) is 5.28 Å². The summed E-state index contributed by atoms with van der Waals surface area (Å²) in [6.45, 7) is 0.750. The van der Waals surface area contributed by atoms with Crippen LogP contribution in [0.5, 0.6) is 5.75 Å². The minimum absolute atomic E-state index is 0.00305. The number of anilines is 2. The highest BCUT2D eigenvalue weighted by molar-refractivity contribution is 6.33. The molecule has 0 fully saturated rings. The summed E-state index contributed by atoms with van der Waals surface area (Å²) in [4.78, 5) is 21.3. The quantitative estimate of drug-likeness (QED) is 0.576. The predicted octanol–water partition coefficient (Wildman–Crippen LogP) is 4.70. The standard InChI is InChI=1S/C19H15Cl2N3O3/c20-16-7-6-13(12-15(16)18(25)26)24(17-8-9-22-19(21)23-17)10-11-27-14-4-2-1-3-5-14/h1-9,12H,10-11H2,(H,25,26). The molecule has 1 heterocycles. The van der Waals surface area contributed by atoms with Crippen LogP contribution in [-0.2, 0) is 0 Å². The van der Waals surface area contributed by atoms with Crippen LogP contribution in [0.4, 0.5) is 11.5 Å². The van der Waals surface area contributed by atoms with Crippen molar-refractivity contribution in [2.24, 2.45) is 0 Å². The average molecular weight is 404 g/mol. The van der Waals surface area contributed by atoms with Gasteiger partial charge in [0.25, 0.3) is 0 Å². The number of rotatable bonds is 7. The molecule has 0 saturated heterocycles. The van der Waals surface area contributed by atoms with E-state index in [9.17, 15) is 9.90 Å². The predicted molar refractivity (Wildman–Crippen MR) is 104 cm³/mol. The number of benzene rings is 2. The molecule has 6 nitrogen and oxygen atoms in total. The molecular weight excluding hydrogens is 389 g/mol. The second-order valence-corrected chi connectivity index (χ2v) is 6.21. The van der Waals surface area contributed by atoms with Crippen molar-refractivity contribution < 1.29 is 14.6 Å². The van der Waals surface area contributed by atoms with Crippen LogP contribution in [0.2, 0.25) is 10.3 Å². The Labute approximate surface area is 166 Å². The molecule has 0 aliphatic rings. The summed E-state index contributed by atoms with van der Waals surface area (Å²) in [6.07, 6.45) is 1.53. The second-order valence-electron chi connectivity index (χ2n) is 5.47. The van der Waals surface area contributed by atoms with Gasteiger partial charge in [-0.2, -0.15) is 0 Å². The van der Waals surface area contributed by atoms with Crippen molar-refractivity contribution in [3.63, 3.8) is 0 Å². The zero-order chi connectivity index (χ0) is 19.2. The first-order valence-corrected chi connectivity index (χ1v) is 8.77. The third-order valence-electron chi connectivity index (χ3n) is 3.71. The number of nitrogens with zero attached hydrogens (tertiary/aromatic N) is 3.